The molecule has 4 nitrogen and oxygen atoms in total. The quantitative estimate of drug-likeness (QED) is 0.866. The van der Waals surface area contributed by atoms with Gasteiger partial charge in [-0.05, 0) is 37.8 Å². The average Bonchev–Trinajstić information content (AvgIpc) is 2.91. The number of para-hydroxylation sites is 2. The summed E-state index contributed by atoms with van der Waals surface area (Å²) in [5.74, 6) is 0.644. The predicted molar refractivity (Wildman–Crippen MR) is 88.9 cm³/mol. The zero-order chi connectivity index (χ0) is 15.5. The molecule has 118 valence electrons. The van der Waals surface area contributed by atoms with Crippen LogP contribution in [0, 0.1) is 5.92 Å². The summed E-state index contributed by atoms with van der Waals surface area (Å²) < 4.78 is 5.67. The number of benzene rings is 1. The highest BCUT2D eigenvalue weighted by Crippen LogP contribution is 2.28. The lowest BCUT2D eigenvalue weighted by molar-refractivity contribution is -0.121. The lowest BCUT2D eigenvalue weighted by Crippen LogP contribution is -2.44. The molecule has 0 aliphatic heterocycles. The molecule has 22 heavy (non-hydrogen) atoms. The Bertz CT molecular complexity index is 622. The van der Waals surface area contributed by atoms with Gasteiger partial charge in [-0.2, -0.15) is 0 Å². The maximum atomic E-state index is 12.4. The third-order valence-electron chi connectivity index (χ3n) is 4.36. The van der Waals surface area contributed by atoms with E-state index in [1.165, 1.54) is 31.0 Å². The van der Waals surface area contributed by atoms with Crippen LogP contribution in [0.25, 0.3) is 11.1 Å². The Morgan fingerprint density at radius 2 is 2.14 bits per heavy atom. The summed E-state index contributed by atoms with van der Waals surface area (Å²) in [5, 5.41) is 3.54. The highest BCUT2D eigenvalue weighted by Gasteiger charge is 2.26. The molecule has 1 N–H and O–H groups in total. The van der Waals surface area contributed by atoms with Crippen molar-refractivity contribution in [3.63, 3.8) is 0 Å². The molecule has 0 saturated heterocycles. The van der Waals surface area contributed by atoms with Crippen LogP contribution in [0.1, 0.15) is 39.5 Å². The second-order valence-corrected chi connectivity index (χ2v) is 7.38. The first-order valence-corrected chi connectivity index (χ1v) is 8.84. The number of nitrogens with zero attached hydrogens (tertiary/aromatic N) is 1. The minimum atomic E-state index is -0.206. The Morgan fingerprint density at radius 3 is 2.91 bits per heavy atom. The standard InChI is InChI=1S/C17H22N2O2S/c1-11-7-3-4-8-13(11)18-16(20)12(2)22-17-19-14-9-5-6-10-15(14)21-17/h5-6,9-13H,3-4,7-8H2,1-2H3,(H,18,20). The molecule has 5 heteroatoms. The van der Waals surface area contributed by atoms with E-state index in [1.807, 2.05) is 31.2 Å². The van der Waals surface area contributed by atoms with Crippen LogP contribution in [0.4, 0.5) is 0 Å². The van der Waals surface area contributed by atoms with Crippen molar-refractivity contribution in [3.8, 4) is 0 Å². The van der Waals surface area contributed by atoms with Crippen LogP contribution in [0.2, 0.25) is 0 Å². The number of aromatic nitrogens is 1. The lowest BCUT2D eigenvalue weighted by Gasteiger charge is -2.30. The number of thioether (sulfide) groups is 1. The van der Waals surface area contributed by atoms with E-state index >= 15 is 0 Å². The molecule has 1 aromatic carbocycles. The molecule has 1 saturated carbocycles. The Balaban J connectivity index is 1.60. The van der Waals surface area contributed by atoms with E-state index in [-0.39, 0.29) is 11.2 Å². The van der Waals surface area contributed by atoms with E-state index in [9.17, 15) is 4.79 Å². The highest BCUT2D eigenvalue weighted by molar-refractivity contribution is 8.00. The molecule has 0 bridgehead atoms. The largest absolute Gasteiger partial charge is 0.431 e. The van der Waals surface area contributed by atoms with Crippen molar-refractivity contribution >= 4 is 28.8 Å². The SMILES string of the molecule is CC(Sc1nc2ccccc2o1)C(=O)NC1CCCCC1C. The predicted octanol–water partition coefficient (Wildman–Crippen LogP) is 4.00. The number of carbonyl (C=O) groups is 1. The van der Waals surface area contributed by atoms with Gasteiger partial charge in [-0.25, -0.2) is 4.98 Å². The first-order chi connectivity index (χ1) is 10.6. The average molecular weight is 318 g/mol. The van der Waals surface area contributed by atoms with E-state index in [0.717, 1.165) is 17.5 Å². The number of oxazole rings is 1. The fourth-order valence-corrected chi connectivity index (χ4v) is 3.70. The van der Waals surface area contributed by atoms with E-state index < -0.39 is 0 Å². The van der Waals surface area contributed by atoms with Gasteiger partial charge in [-0.1, -0.05) is 43.7 Å². The zero-order valence-electron chi connectivity index (χ0n) is 13.0. The maximum Gasteiger partial charge on any atom is 0.257 e. The summed E-state index contributed by atoms with van der Waals surface area (Å²) in [5.41, 5.74) is 1.59. The van der Waals surface area contributed by atoms with Gasteiger partial charge in [0.1, 0.15) is 5.52 Å². The van der Waals surface area contributed by atoms with Gasteiger partial charge >= 0.3 is 0 Å². The van der Waals surface area contributed by atoms with Crippen LogP contribution in [0.15, 0.2) is 33.9 Å². The van der Waals surface area contributed by atoms with Gasteiger partial charge in [-0.15, -0.1) is 0 Å². The first kappa shape index (κ1) is 15.4. The van der Waals surface area contributed by atoms with Gasteiger partial charge in [0, 0.05) is 6.04 Å². The van der Waals surface area contributed by atoms with Gasteiger partial charge in [0.2, 0.25) is 5.91 Å². The second-order valence-electron chi connectivity index (χ2n) is 6.08. The number of rotatable bonds is 4. The Hall–Kier alpha value is -1.49. The van der Waals surface area contributed by atoms with Crippen molar-refractivity contribution in [3.05, 3.63) is 24.3 Å². The normalized spacial score (nSPS) is 23.4. The van der Waals surface area contributed by atoms with Crippen molar-refractivity contribution < 1.29 is 9.21 Å². The first-order valence-electron chi connectivity index (χ1n) is 7.96. The molecular weight excluding hydrogens is 296 g/mol. The molecule has 1 heterocycles. The van der Waals surface area contributed by atoms with Crippen molar-refractivity contribution in [1.82, 2.24) is 10.3 Å². The highest BCUT2D eigenvalue weighted by atomic mass is 32.2. The molecule has 3 unspecified atom stereocenters. The molecule has 1 amide bonds. The molecule has 3 atom stereocenters. The maximum absolute atomic E-state index is 12.4. The third kappa shape index (κ3) is 3.46. The molecule has 0 radical (unpaired) electrons. The summed E-state index contributed by atoms with van der Waals surface area (Å²) >= 11 is 1.38. The smallest absolute Gasteiger partial charge is 0.257 e. The number of hydrogen-bond donors (Lipinski definition) is 1. The minimum absolute atomic E-state index is 0.0750. The van der Waals surface area contributed by atoms with Crippen molar-refractivity contribution in [2.24, 2.45) is 5.92 Å². The van der Waals surface area contributed by atoms with Crippen molar-refractivity contribution in [1.29, 1.82) is 0 Å². The summed E-state index contributed by atoms with van der Waals surface area (Å²) in [4.78, 5) is 16.8. The van der Waals surface area contributed by atoms with Gasteiger partial charge < -0.3 is 9.73 Å². The van der Waals surface area contributed by atoms with E-state index in [0.29, 0.717) is 17.2 Å². The van der Waals surface area contributed by atoms with Crippen molar-refractivity contribution in [2.45, 2.75) is 56.0 Å². The van der Waals surface area contributed by atoms with Crippen LogP contribution in [0.5, 0.6) is 0 Å². The Labute approximate surface area is 135 Å². The van der Waals surface area contributed by atoms with Crippen LogP contribution in [0.3, 0.4) is 0 Å². The summed E-state index contributed by atoms with van der Waals surface area (Å²) in [6, 6.07) is 7.97. The monoisotopic (exact) mass is 318 g/mol. The van der Waals surface area contributed by atoms with E-state index in [4.69, 9.17) is 4.42 Å². The number of fused-ring (bicyclic) bond motifs is 1. The van der Waals surface area contributed by atoms with Crippen molar-refractivity contribution in [2.75, 3.05) is 0 Å². The van der Waals surface area contributed by atoms with Crippen LogP contribution in [-0.4, -0.2) is 22.2 Å². The van der Waals surface area contributed by atoms with Gasteiger partial charge in [0.25, 0.3) is 5.22 Å². The number of hydrogen-bond acceptors (Lipinski definition) is 4. The zero-order valence-corrected chi connectivity index (χ0v) is 13.9. The Morgan fingerprint density at radius 1 is 1.36 bits per heavy atom. The molecule has 2 aromatic rings. The number of amides is 1. The molecule has 1 fully saturated rings. The van der Waals surface area contributed by atoms with Gasteiger partial charge in [0.05, 0.1) is 5.25 Å². The molecular formula is C17H22N2O2S. The van der Waals surface area contributed by atoms with E-state index in [1.54, 1.807) is 0 Å². The number of nitrogens with one attached hydrogen (secondary N) is 1. The fourth-order valence-electron chi connectivity index (χ4n) is 2.94. The summed E-state index contributed by atoms with van der Waals surface area (Å²) in [6.45, 7) is 4.13. The molecule has 3 rings (SSSR count). The van der Waals surface area contributed by atoms with E-state index in [2.05, 4.69) is 17.2 Å². The van der Waals surface area contributed by atoms with Crippen LogP contribution in [-0.2, 0) is 4.79 Å². The second kappa shape index (κ2) is 6.73. The Kier molecular flexibility index (Phi) is 4.71. The fraction of sp³-hybridized carbons (Fsp3) is 0.529. The van der Waals surface area contributed by atoms with Crippen LogP contribution >= 0.6 is 11.8 Å². The topological polar surface area (TPSA) is 55.1 Å². The molecule has 1 aromatic heterocycles. The lowest BCUT2D eigenvalue weighted by atomic mass is 9.86. The van der Waals surface area contributed by atoms with Crippen LogP contribution < -0.4 is 5.32 Å². The molecule has 1 aliphatic carbocycles. The third-order valence-corrected chi connectivity index (χ3v) is 5.30. The summed E-state index contributed by atoms with van der Waals surface area (Å²) in [6.07, 6.45) is 4.79. The summed E-state index contributed by atoms with van der Waals surface area (Å²) in [7, 11) is 0. The molecule has 0 spiro atoms. The molecule has 1 aliphatic rings. The van der Waals surface area contributed by atoms with Gasteiger partial charge in [-0.3, -0.25) is 4.79 Å². The number of carbonyl (C=O) groups excluding carboxylic acids is 1. The van der Waals surface area contributed by atoms with Gasteiger partial charge in [0.15, 0.2) is 5.58 Å². The minimum Gasteiger partial charge on any atom is -0.431 e.